The van der Waals surface area contributed by atoms with Gasteiger partial charge in [0, 0.05) is 13.1 Å². The van der Waals surface area contributed by atoms with E-state index in [0.717, 1.165) is 11.0 Å². The molecule has 1 atom stereocenters. The Morgan fingerprint density at radius 2 is 2.11 bits per heavy atom. The first-order valence-corrected chi connectivity index (χ1v) is 10.5. The number of fused-ring (bicyclic) bond motifs is 1. The summed E-state index contributed by atoms with van der Waals surface area (Å²) in [6.07, 6.45) is 1.21. The van der Waals surface area contributed by atoms with E-state index >= 15 is 0 Å². The SMILES string of the molecule is Cc1noc(C)c1S(=O)(=O)N1CCCC(C(=O)Nc2nc3ccccc3[nH]2)C1. The van der Waals surface area contributed by atoms with Crippen LogP contribution < -0.4 is 5.32 Å². The molecule has 0 bridgehead atoms. The number of benzene rings is 1. The van der Waals surface area contributed by atoms with E-state index < -0.39 is 15.9 Å². The molecule has 1 aliphatic rings. The molecule has 1 amide bonds. The lowest BCUT2D eigenvalue weighted by atomic mass is 9.99. The van der Waals surface area contributed by atoms with Crippen LogP contribution in [0, 0.1) is 19.8 Å². The van der Waals surface area contributed by atoms with Crippen LogP contribution in [0.4, 0.5) is 5.95 Å². The number of imidazole rings is 1. The second kappa shape index (κ2) is 7.02. The molecule has 0 aliphatic carbocycles. The molecule has 0 radical (unpaired) electrons. The van der Waals surface area contributed by atoms with Gasteiger partial charge >= 0.3 is 0 Å². The van der Waals surface area contributed by atoms with E-state index in [9.17, 15) is 13.2 Å². The first-order chi connectivity index (χ1) is 13.4. The topological polar surface area (TPSA) is 121 Å². The highest BCUT2D eigenvalue weighted by atomic mass is 32.2. The molecule has 0 spiro atoms. The highest BCUT2D eigenvalue weighted by Crippen LogP contribution is 2.28. The quantitative estimate of drug-likeness (QED) is 0.689. The third-order valence-electron chi connectivity index (χ3n) is 4.95. The van der Waals surface area contributed by atoms with E-state index in [-0.39, 0.29) is 23.1 Å². The van der Waals surface area contributed by atoms with Crippen molar-refractivity contribution in [3.63, 3.8) is 0 Å². The van der Waals surface area contributed by atoms with Gasteiger partial charge in [-0.1, -0.05) is 17.3 Å². The number of aromatic nitrogens is 3. The van der Waals surface area contributed by atoms with Gasteiger partial charge in [-0.05, 0) is 38.8 Å². The molecule has 1 saturated heterocycles. The smallest absolute Gasteiger partial charge is 0.248 e. The second-order valence-electron chi connectivity index (χ2n) is 6.95. The van der Waals surface area contributed by atoms with Crippen molar-refractivity contribution in [2.45, 2.75) is 31.6 Å². The Morgan fingerprint density at radius 3 is 2.82 bits per heavy atom. The number of para-hydroxylation sites is 2. The Morgan fingerprint density at radius 1 is 1.32 bits per heavy atom. The third-order valence-corrected chi connectivity index (χ3v) is 7.06. The van der Waals surface area contributed by atoms with Crippen LogP contribution in [0.1, 0.15) is 24.3 Å². The molecule has 9 nitrogen and oxygen atoms in total. The molecule has 0 saturated carbocycles. The van der Waals surface area contributed by atoms with Crippen LogP contribution in [0.25, 0.3) is 11.0 Å². The number of sulfonamides is 1. The second-order valence-corrected chi connectivity index (χ2v) is 8.82. The fourth-order valence-electron chi connectivity index (χ4n) is 3.58. The number of carbonyl (C=O) groups is 1. The lowest BCUT2D eigenvalue weighted by Gasteiger charge is -2.30. The van der Waals surface area contributed by atoms with Gasteiger partial charge in [0.15, 0.2) is 5.76 Å². The number of anilines is 1. The van der Waals surface area contributed by atoms with Crippen molar-refractivity contribution in [3.8, 4) is 0 Å². The average molecular weight is 403 g/mol. The summed E-state index contributed by atoms with van der Waals surface area (Å²) in [4.78, 5) is 20.2. The zero-order chi connectivity index (χ0) is 19.9. The van der Waals surface area contributed by atoms with Gasteiger partial charge in [-0.3, -0.25) is 10.1 Å². The number of amides is 1. The molecule has 1 aliphatic heterocycles. The summed E-state index contributed by atoms with van der Waals surface area (Å²) in [5.74, 6) is -0.0989. The molecule has 3 aromatic rings. The van der Waals surface area contributed by atoms with Gasteiger partial charge in [0.2, 0.25) is 21.9 Å². The summed E-state index contributed by atoms with van der Waals surface area (Å²) in [5.41, 5.74) is 1.90. The summed E-state index contributed by atoms with van der Waals surface area (Å²) in [6, 6.07) is 7.47. The summed E-state index contributed by atoms with van der Waals surface area (Å²) in [6.45, 7) is 3.64. The van der Waals surface area contributed by atoms with Gasteiger partial charge in [0.05, 0.1) is 17.0 Å². The van der Waals surface area contributed by atoms with Crippen LogP contribution in [0.15, 0.2) is 33.7 Å². The zero-order valence-electron chi connectivity index (χ0n) is 15.6. The number of aryl methyl sites for hydroxylation is 2. The van der Waals surface area contributed by atoms with Gasteiger partial charge in [-0.2, -0.15) is 4.31 Å². The van der Waals surface area contributed by atoms with Crippen LogP contribution in [-0.4, -0.2) is 46.8 Å². The fourth-order valence-corrected chi connectivity index (χ4v) is 5.39. The molecule has 28 heavy (non-hydrogen) atoms. The lowest BCUT2D eigenvalue weighted by molar-refractivity contribution is -0.120. The normalized spacial score (nSPS) is 18.4. The number of carbonyl (C=O) groups excluding carboxylic acids is 1. The largest absolute Gasteiger partial charge is 0.360 e. The molecule has 4 rings (SSSR count). The maximum Gasteiger partial charge on any atom is 0.248 e. The van der Waals surface area contributed by atoms with Crippen molar-refractivity contribution in [1.82, 2.24) is 19.4 Å². The van der Waals surface area contributed by atoms with Crippen LogP contribution in [0.5, 0.6) is 0 Å². The van der Waals surface area contributed by atoms with Crippen molar-refractivity contribution in [1.29, 1.82) is 0 Å². The highest BCUT2D eigenvalue weighted by Gasteiger charge is 2.36. The molecule has 2 N–H and O–H groups in total. The van der Waals surface area contributed by atoms with E-state index in [1.807, 2.05) is 24.3 Å². The predicted octanol–water partition coefficient (Wildman–Crippen LogP) is 2.21. The molecule has 1 aromatic carbocycles. The van der Waals surface area contributed by atoms with E-state index in [0.29, 0.717) is 31.0 Å². The average Bonchev–Trinajstić information content (AvgIpc) is 3.24. The van der Waals surface area contributed by atoms with Crippen molar-refractivity contribution < 1.29 is 17.7 Å². The van der Waals surface area contributed by atoms with Crippen LogP contribution in [0.3, 0.4) is 0 Å². The molecule has 1 fully saturated rings. The molecular formula is C18H21N5O4S. The van der Waals surface area contributed by atoms with Crippen LogP contribution in [0.2, 0.25) is 0 Å². The molecular weight excluding hydrogens is 382 g/mol. The van der Waals surface area contributed by atoms with Gasteiger partial charge in [-0.25, -0.2) is 13.4 Å². The number of aromatic amines is 1. The van der Waals surface area contributed by atoms with E-state index in [1.54, 1.807) is 13.8 Å². The maximum atomic E-state index is 13.0. The van der Waals surface area contributed by atoms with Crippen molar-refractivity contribution >= 4 is 32.9 Å². The van der Waals surface area contributed by atoms with Gasteiger partial charge in [-0.15, -0.1) is 0 Å². The van der Waals surface area contributed by atoms with Crippen molar-refractivity contribution in [2.24, 2.45) is 5.92 Å². The van der Waals surface area contributed by atoms with Crippen LogP contribution in [-0.2, 0) is 14.8 Å². The monoisotopic (exact) mass is 403 g/mol. The molecule has 1 unspecified atom stereocenters. The Bertz CT molecular complexity index is 1080. The summed E-state index contributed by atoms with van der Waals surface area (Å²) in [5, 5.41) is 6.51. The standard InChI is InChI=1S/C18H21N5O4S/c1-11-16(12(2)27-22-11)28(25,26)23-9-5-6-13(10-23)17(24)21-18-19-14-7-3-4-8-15(14)20-18/h3-4,7-8,13H,5-6,9-10H2,1-2H3,(H2,19,20,21,24). The number of hydrogen-bond acceptors (Lipinski definition) is 6. The molecule has 2 aromatic heterocycles. The highest BCUT2D eigenvalue weighted by molar-refractivity contribution is 7.89. The Balaban J connectivity index is 1.51. The predicted molar refractivity (Wildman–Crippen MR) is 102 cm³/mol. The van der Waals surface area contributed by atoms with Crippen molar-refractivity contribution in [2.75, 3.05) is 18.4 Å². The Hall–Kier alpha value is -2.72. The summed E-state index contributed by atoms with van der Waals surface area (Å²) < 4.78 is 32.4. The fraction of sp³-hybridized carbons (Fsp3) is 0.389. The number of piperidine rings is 1. The minimum Gasteiger partial charge on any atom is -0.360 e. The van der Waals surface area contributed by atoms with E-state index in [1.165, 1.54) is 4.31 Å². The lowest BCUT2D eigenvalue weighted by Crippen LogP contribution is -2.44. The number of nitrogens with one attached hydrogen (secondary N) is 2. The van der Waals surface area contributed by atoms with Gasteiger partial charge in [0.25, 0.3) is 0 Å². The van der Waals surface area contributed by atoms with E-state index in [4.69, 9.17) is 4.52 Å². The first-order valence-electron chi connectivity index (χ1n) is 9.05. The molecule has 10 heteroatoms. The maximum absolute atomic E-state index is 13.0. The zero-order valence-corrected chi connectivity index (χ0v) is 16.4. The first kappa shape index (κ1) is 18.6. The Labute approximate surface area is 162 Å². The van der Waals surface area contributed by atoms with Crippen molar-refractivity contribution in [3.05, 3.63) is 35.7 Å². The van der Waals surface area contributed by atoms with Gasteiger partial charge < -0.3 is 9.51 Å². The number of hydrogen-bond donors (Lipinski definition) is 2. The van der Waals surface area contributed by atoms with Crippen LogP contribution >= 0.6 is 0 Å². The minimum atomic E-state index is -3.77. The van der Waals surface area contributed by atoms with Gasteiger partial charge in [0.1, 0.15) is 10.6 Å². The molecule has 3 heterocycles. The van der Waals surface area contributed by atoms with E-state index in [2.05, 4.69) is 20.4 Å². The summed E-state index contributed by atoms with van der Waals surface area (Å²) >= 11 is 0. The Kier molecular flexibility index (Phi) is 4.68. The summed E-state index contributed by atoms with van der Waals surface area (Å²) in [7, 11) is -3.77. The number of rotatable bonds is 4. The third kappa shape index (κ3) is 3.29. The molecule has 148 valence electrons. The number of H-pyrrole nitrogens is 1. The number of nitrogens with zero attached hydrogens (tertiary/aromatic N) is 3. The minimum absolute atomic E-state index is 0.0887.